The third-order valence-electron chi connectivity index (χ3n) is 3.39. The summed E-state index contributed by atoms with van der Waals surface area (Å²) in [6, 6.07) is -0.683. The monoisotopic (exact) mass is 263 g/mol. The normalized spacial score (nSPS) is 35.9. The summed E-state index contributed by atoms with van der Waals surface area (Å²) in [6.45, 7) is 1.40. The van der Waals surface area contributed by atoms with Gasteiger partial charge >= 0.3 is 0 Å². The first-order valence-electron chi connectivity index (χ1n) is 6.13. The fourth-order valence-electron chi connectivity index (χ4n) is 2.28. The van der Waals surface area contributed by atoms with Crippen molar-refractivity contribution in [3.8, 4) is 0 Å². The number of alkyl halides is 1. The third kappa shape index (κ3) is 3.61. The minimum atomic E-state index is -1.81. The van der Waals surface area contributed by atoms with Crippen molar-refractivity contribution >= 4 is 5.91 Å². The van der Waals surface area contributed by atoms with E-state index >= 15 is 0 Å². The highest BCUT2D eigenvalue weighted by molar-refractivity contribution is 5.81. The summed E-state index contributed by atoms with van der Waals surface area (Å²) >= 11 is 0. The zero-order valence-electron chi connectivity index (χ0n) is 10.4. The van der Waals surface area contributed by atoms with Gasteiger partial charge in [-0.15, -0.1) is 0 Å². The number of hydrogen-bond donors (Lipinski definition) is 5. The molecule has 7 N–H and O–H groups in total. The summed E-state index contributed by atoms with van der Waals surface area (Å²) in [7, 11) is 0. The van der Waals surface area contributed by atoms with Crippen LogP contribution in [0.1, 0.15) is 19.8 Å². The molecule has 0 heterocycles. The Morgan fingerprint density at radius 3 is 2.72 bits per heavy atom. The van der Waals surface area contributed by atoms with Crippen molar-refractivity contribution in [2.45, 2.75) is 50.2 Å². The maximum Gasteiger partial charge on any atom is 0.252 e. The van der Waals surface area contributed by atoms with Gasteiger partial charge in [0.2, 0.25) is 0 Å². The zero-order chi connectivity index (χ0) is 13.9. The smallest absolute Gasteiger partial charge is 0.252 e. The molecular formula is C11H22FN3O3. The Morgan fingerprint density at radius 1 is 1.56 bits per heavy atom. The van der Waals surface area contributed by atoms with Gasteiger partial charge in [0.15, 0.2) is 6.10 Å². The molecule has 0 saturated heterocycles. The van der Waals surface area contributed by atoms with Crippen molar-refractivity contribution in [2.75, 3.05) is 6.54 Å². The summed E-state index contributed by atoms with van der Waals surface area (Å²) in [5.41, 5.74) is 10.8. The summed E-state index contributed by atoms with van der Waals surface area (Å²) in [4.78, 5) is 11.6. The van der Waals surface area contributed by atoms with Crippen molar-refractivity contribution in [1.82, 2.24) is 5.32 Å². The Hall–Kier alpha value is -0.760. The Labute approximate surface area is 106 Å². The van der Waals surface area contributed by atoms with Gasteiger partial charge in [-0.3, -0.25) is 4.79 Å². The first-order valence-corrected chi connectivity index (χ1v) is 6.13. The molecule has 1 rings (SSSR count). The van der Waals surface area contributed by atoms with Gasteiger partial charge in [-0.25, -0.2) is 4.39 Å². The van der Waals surface area contributed by atoms with E-state index < -0.39 is 36.9 Å². The lowest BCUT2D eigenvalue weighted by Crippen LogP contribution is -2.56. The molecule has 6 unspecified atom stereocenters. The Kier molecular flexibility index (Phi) is 5.46. The molecule has 6 atom stereocenters. The van der Waals surface area contributed by atoms with E-state index in [1.807, 2.05) is 6.92 Å². The van der Waals surface area contributed by atoms with Crippen molar-refractivity contribution in [1.29, 1.82) is 0 Å². The van der Waals surface area contributed by atoms with Gasteiger partial charge in [0, 0.05) is 12.6 Å². The fraction of sp³-hybridized carbons (Fsp3) is 0.909. The SMILES string of the molecule is CC1CC(N)CC(NC(=O)C(O)C(F)CN)C1O. The van der Waals surface area contributed by atoms with Crippen molar-refractivity contribution in [3.05, 3.63) is 0 Å². The summed E-state index contributed by atoms with van der Waals surface area (Å²) in [5, 5.41) is 21.7. The molecule has 0 aromatic heterocycles. The maximum absolute atomic E-state index is 13.1. The highest BCUT2D eigenvalue weighted by Crippen LogP contribution is 2.23. The number of halogens is 1. The molecule has 1 fully saturated rings. The number of nitrogens with two attached hydrogens (primary N) is 2. The second-order valence-electron chi connectivity index (χ2n) is 5.01. The van der Waals surface area contributed by atoms with Gasteiger partial charge < -0.3 is 27.0 Å². The van der Waals surface area contributed by atoms with Crippen LogP contribution in [0.3, 0.4) is 0 Å². The van der Waals surface area contributed by atoms with Gasteiger partial charge in [-0.1, -0.05) is 6.92 Å². The predicted octanol–water partition coefficient (Wildman–Crippen LogP) is -1.75. The highest BCUT2D eigenvalue weighted by atomic mass is 19.1. The lowest BCUT2D eigenvalue weighted by Gasteiger charge is -2.37. The number of nitrogens with one attached hydrogen (secondary N) is 1. The summed E-state index contributed by atoms with van der Waals surface area (Å²) in [5.74, 6) is -0.912. The van der Waals surface area contributed by atoms with Gasteiger partial charge in [0.25, 0.3) is 5.91 Å². The number of carbonyl (C=O) groups excluding carboxylic acids is 1. The van der Waals surface area contributed by atoms with Crippen molar-refractivity contribution in [2.24, 2.45) is 17.4 Å². The molecule has 0 aromatic carbocycles. The second-order valence-corrected chi connectivity index (χ2v) is 5.01. The number of rotatable bonds is 4. The minimum absolute atomic E-state index is 0.0492. The number of hydrogen-bond acceptors (Lipinski definition) is 5. The zero-order valence-corrected chi connectivity index (χ0v) is 10.4. The molecule has 1 aliphatic rings. The highest BCUT2D eigenvalue weighted by Gasteiger charge is 2.35. The van der Waals surface area contributed by atoms with Crippen LogP contribution in [0.15, 0.2) is 0 Å². The lowest BCUT2D eigenvalue weighted by atomic mass is 9.81. The molecular weight excluding hydrogens is 241 g/mol. The predicted molar refractivity (Wildman–Crippen MR) is 64.3 cm³/mol. The van der Waals surface area contributed by atoms with Crippen molar-refractivity contribution in [3.63, 3.8) is 0 Å². The summed E-state index contributed by atoms with van der Waals surface area (Å²) in [6.07, 6.45) is -3.28. The van der Waals surface area contributed by atoms with E-state index in [0.717, 1.165) is 0 Å². The molecule has 0 aromatic rings. The maximum atomic E-state index is 13.1. The Balaban J connectivity index is 2.57. The number of aliphatic hydroxyl groups is 2. The first-order chi connectivity index (χ1) is 8.36. The van der Waals surface area contributed by atoms with E-state index in [1.54, 1.807) is 0 Å². The number of amides is 1. The van der Waals surface area contributed by atoms with E-state index in [0.29, 0.717) is 12.8 Å². The fourth-order valence-corrected chi connectivity index (χ4v) is 2.28. The molecule has 1 aliphatic carbocycles. The molecule has 7 heteroatoms. The van der Waals surface area contributed by atoms with Crippen LogP contribution in [0.25, 0.3) is 0 Å². The van der Waals surface area contributed by atoms with Crippen LogP contribution >= 0.6 is 0 Å². The van der Waals surface area contributed by atoms with E-state index in [2.05, 4.69) is 5.32 Å². The van der Waals surface area contributed by atoms with Crippen LogP contribution in [0.2, 0.25) is 0 Å². The molecule has 0 radical (unpaired) electrons. The first kappa shape index (κ1) is 15.3. The van der Waals surface area contributed by atoms with Crippen LogP contribution in [0.4, 0.5) is 4.39 Å². The molecule has 0 aliphatic heterocycles. The molecule has 0 bridgehead atoms. The van der Waals surface area contributed by atoms with Gasteiger partial charge in [-0.05, 0) is 18.8 Å². The summed E-state index contributed by atoms with van der Waals surface area (Å²) < 4.78 is 13.1. The van der Waals surface area contributed by atoms with Crippen molar-refractivity contribution < 1.29 is 19.4 Å². The van der Waals surface area contributed by atoms with E-state index in [9.17, 15) is 19.4 Å². The van der Waals surface area contributed by atoms with Gasteiger partial charge in [0.05, 0.1) is 12.1 Å². The van der Waals surface area contributed by atoms with E-state index in [1.165, 1.54) is 0 Å². The van der Waals surface area contributed by atoms with Crippen LogP contribution in [0, 0.1) is 5.92 Å². The number of carbonyl (C=O) groups is 1. The average Bonchev–Trinajstić information content (AvgIpc) is 2.33. The topological polar surface area (TPSA) is 122 Å². The van der Waals surface area contributed by atoms with Crippen LogP contribution in [-0.4, -0.2) is 53.1 Å². The largest absolute Gasteiger partial charge is 0.391 e. The molecule has 6 nitrogen and oxygen atoms in total. The average molecular weight is 263 g/mol. The van der Waals surface area contributed by atoms with Crippen LogP contribution < -0.4 is 16.8 Å². The van der Waals surface area contributed by atoms with E-state index in [-0.39, 0.29) is 12.0 Å². The number of aliphatic hydroxyl groups excluding tert-OH is 2. The Bertz CT molecular complexity index is 293. The Morgan fingerprint density at radius 2 is 2.17 bits per heavy atom. The van der Waals surface area contributed by atoms with Crippen LogP contribution in [0.5, 0.6) is 0 Å². The molecule has 1 saturated carbocycles. The van der Waals surface area contributed by atoms with Gasteiger partial charge in [0.1, 0.15) is 6.17 Å². The lowest BCUT2D eigenvalue weighted by molar-refractivity contribution is -0.134. The molecule has 0 spiro atoms. The minimum Gasteiger partial charge on any atom is -0.391 e. The molecule has 18 heavy (non-hydrogen) atoms. The second kappa shape index (κ2) is 6.42. The van der Waals surface area contributed by atoms with Gasteiger partial charge in [-0.2, -0.15) is 0 Å². The third-order valence-corrected chi connectivity index (χ3v) is 3.39. The van der Waals surface area contributed by atoms with Crippen LogP contribution in [-0.2, 0) is 4.79 Å². The quantitative estimate of drug-likeness (QED) is 0.411. The van der Waals surface area contributed by atoms with E-state index in [4.69, 9.17) is 11.5 Å². The molecule has 106 valence electrons. The molecule has 1 amide bonds. The standard InChI is InChI=1S/C11H22FN3O3/c1-5-2-6(14)3-8(9(5)16)15-11(18)10(17)7(12)4-13/h5-10,16-17H,2-4,13-14H2,1H3,(H,15,18).